The van der Waals surface area contributed by atoms with Crippen LogP contribution in [0.3, 0.4) is 0 Å². The first kappa shape index (κ1) is 17.3. The molecule has 1 N–H and O–H groups in total. The molecule has 0 unspecified atom stereocenters. The van der Waals surface area contributed by atoms with Gasteiger partial charge in [0, 0.05) is 17.2 Å². The zero-order valence-electron chi connectivity index (χ0n) is 9.97. The molecule has 0 saturated heterocycles. The van der Waals surface area contributed by atoms with Crippen molar-refractivity contribution in [3.05, 3.63) is 28.2 Å². The predicted molar refractivity (Wildman–Crippen MR) is 71.4 cm³/mol. The van der Waals surface area contributed by atoms with Crippen molar-refractivity contribution in [2.75, 3.05) is 12.3 Å². The summed E-state index contributed by atoms with van der Waals surface area (Å²) in [5.74, 6) is -1.89. The van der Waals surface area contributed by atoms with E-state index in [1.807, 2.05) is 0 Å². The second-order valence-corrected chi connectivity index (χ2v) is 6.12. The summed E-state index contributed by atoms with van der Waals surface area (Å²) in [6.45, 7) is -0.203. The van der Waals surface area contributed by atoms with Crippen LogP contribution in [0.2, 0.25) is 10.0 Å². The highest BCUT2D eigenvalue weighted by molar-refractivity contribution is 7.85. The SMILES string of the molecule is O=C(NCCC[S@](=O)c1ccc(Cl)c(Cl)c1)C(F)(F)F. The second kappa shape index (κ2) is 7.28. The molecule has 1 rings (SSSR count). The molecule has 0 aliphatic carbocycles. The molecule has 0 aliphatic heterocycles. The number of benzene rings is 1. The molecular formula is C11H10Cl2F3NO2S. The molecule has 0 heterocycles. The lowest BCUT2D eigenvalue weighted by Gasteiger charge is -2.08. The monoisotopic (exact) mass is 347 g/mol. The summed E-state index contributed by atoms with van der Waals surface area (Å²) < 4.78 is 47.5. The van der Waals surface area contributed by atoms with Gasteiger partial charge in [0.15, 0.2) is 0 Å². The maximum Gasteiger partial charge on any atom is 0.471 e. The minimum Gasteiger partial charge on any atom is -0.348 e. The third-order valence-corrected chi connectivity index (χ3v) is 4.38. The molecule has 0 aliphatic rings. The van der Waals surface area contributed by atoms with E-state index in [1.54, 1.807) is 5.32 Å². The molecule has 3 nitrogen and oxygen atoms in total. The highest BCUT2D eigenvalue weighted by Gasteiger charge is 2.38. The molecule has 9 heteroatoms. The first-order chi connectivity index (χ1) is 9.21. The summed E-state index contributed by atoms with van der Waals surface area (Å²) in [6.07, 6.45) is -4.75. The number of carbonyl (C=O) groups is 1. The summed E-state index contributed by atoms with van der Waals surface area (Å²) in [5, 5.41) is 2.28. The van der Waals surface area contributed by atoms with E-state index >= 15 is 0 Å². The van der Waals surface area contributed by atoms with Crippen LogP contribution < -0.4 is 5.32 Å². The highest BCUT2D eigenvalue weighted by Crippen LogP contribution is 2.24. The standard InChI is InChI=1S/C11H10Cl2F3NO2S/c12-8-3-2-7(6-9(8)13)20(19)5-1-4-17-10(18)11(14,15)16/h2-3,6H,1,4-5H2,(H,17,18)/t20-/m0/s1. The third-order valence-electron chi connectivity index (χ3n) is 2.20. The van der Waals surface area contributed by atoms with Gasteiger partial charge >= 0.3 is 12.1 Å². The maximum atomic E-state index is 11.9. The predicted octanol–water partition coefficient (Wildman–Crippen LogP) is 3.17. The molecule has 20 heavy (non-hydrogen) atoms. The van der Waals surface area contributed by atoms with Crippen molar-refractivity contribution in [1.29, 1.82) is 0 Å². The van der Waals surface area contributed by atoms with Gasteiger partial charge in [-0.05, 0) is 24.6 Å². The van der Waals surface area contributed by atoms with Crippen LogP contribution in [0.1, 0.15) is 6.42 Å². The largest absolute Gasteiger partial charge is 0.471 e. The molecule has 0 radical (unpaired) electrons. The van der Waals surface area contributed by atoms with Crippen LogP contribution in [-0.4, -0.2) is 28.6 Å². The van der Waals surface area contributed by atoms with Crippen LogP contribution in [0.4, 0.5) is 13.2 Å². The Morgan fingerprint density at radius 1 is 1.25 bits per heavy atom. The molecule has 0 spiro atoms. The van der Waals surface area contributed by atoms with E-state index in [1.165, 1.54) is 18.2 Å². The van der Waals surface area contributed by atoms with Gasteiger partial charge in [-0.3, -0.25) is 9.00 Å². The van der Waals surface area contributed by atoms with Gasteiger partial charge in [0.1, 0.15) is 0 Å². The van der Waals surface area contributed by atoms with Crippen LogP contribution in [0.25, 0.3) is 0 Å². The van der Waals surface area contributed by atoms with Crippen LogP contribution in [0.5, 0.6) is 0 Å². The third kappa shape index (κ3) is 5.30. The molecule has 112 valence electrons. The van der Waals surface area contributed by atoms with E-state index in [0.29, 0.717) is 9.92 Å². The van der Waals surface area contributed by atoms with Gasteiger partial charge in [0.25, 0.3) is 0 Å². The van der Waals surface area contributed by atoms with E-state index in [4.69, 9.17) is 23.2 Å². The smallest absolute Gasteiger partial charge is 0.348 e. The number of hydrogen-bond acceptors (Lipinski definition) is 2. The van der Waals surface area contributed by atoms with Crippen molar-refractivity contribution in [2.24, 2.45) is 0 Å². The number of rotatable bonds is 5. The number of nitrogens with one attached hydrogen (secondary N) is 1. The molecule has 0 saturated carbocycles. The van der Waals surface area contributed by atoms with Gasteiger partial charge in [0.05, 0.1) is 20.8 Å². The first-order valence-corrected chi connectivity index (χ1v) is 7.47. The Morgan fingerprint density at radius 2 is 1.90 bits per heavy atom. The molecule has 1 atom stereocenters. The highest BCUT2D eigenvalue weighted by atomic mass is 35.5. The van der Waals surface area contributed by atoms with Crippen molar-refractivity contribution in [3.63, 3.8) is 0 Å². The second-order valence-electron chi connectivity index (χ2n) is 3.73. The van der Waals surface area contributed by atoms with E-state index in [0.717, 1.165) is 0 Å². The van der Waals surface area contributed by atoms with Crippen LogP contribution in [0.15, 0.2) is 23.1 Å². The van der Waals surface area contributed by atoms with Gasteiger partial charge in [0.2, 0.25) is 0 Å². The zero-order valence-corrected chi connectivity index (χ0v) is 12.3. The Morgan fingerprint density at radius 3 is 2.45 bits per heavy atom. The minimum absolute atomic E-state index is 0.107. The summed E-state index contributed by atoms with van der Waals surface area (Å²) >= 11 is 11.5. The van der Waals surface area contributed by atoms with Crippen molar-refractivity contribution in [2.45, 2.75) is 17.5 Å². The Balaban J connectivity index is 2.41. The average molecular weight is 348 g/mol. The lowest BCUT2D eigenvalue weighted by atomic mass is 10.4. The number of hydrogen-bond donors (Lipinski definition) is 1. The van der Waals surface area contributed by atoms with Crippen molar-refractivity contribution in [3.8, 4) is 0 Å². The summed E-state index contributed by atoms with van der Waals surface area (Å²) in [7, 11) is -1.41. The van der Waals surface area contributed by atoms with Gasteiger partial charge in [-0.15, -0.1) is 0 Å². The fraction of sp³-hybridized carbons (Fsp3) is 0.364. The maximum absolute atomic E-state index is 11.9. The molecule has 1 amide bonds. The van der Waals surface area contributed by atoms with E-state index in [2.05, 4.69) is 0 Å². The number of amides is 1. The normalized spacial score (nSPS) is 13.1. The quantitative estimate of drug-likeness (QED) is 0.831. The fourth-order valence-corrected chi connectivity index (χ4v) is 2.72. The molecule has 0 bridgehead atoms. The molecular weight excluding hydrogens is 338 g/mol. The van der Waals surface area contributed by atoms with Gasteiger partial charge in [-0.1, -0.05) is 23.2 Å². The van der Waals surface area contributed by atoms with E-state index < -0.39 is 22.9 Å². The van der Waals surface area contributed by atoms with Crippen LogP contribution in [-0.2, 0) is 15.6 Å². The Labute approximate surface area is 125 Å². The van der Waals surface area contributed by atoms with E-state index in [-0.39, 0.29) is 23.7 Å². The number of carbonyl (C=O) groups excluding carboxylic acids is 1. The molecule has 1 aromatic rings. The van der Waals surface area contributed by atoms with Gasteiger partial charge in [-0.25, -0.2) is 0 Å². The number of alkyl halides is 3. The topological polar surface area (TPSA) is 46.2 Å². The Hall–Kier alpha value is -0.790. The summed E-state index contributed by atoms with van der Waals surface area (Å²) in [4.78, 5) is 10.9. The Kier molecular flexibility index (Phi) is 6.29. The zero-order chi connectivity index (χ0) is 15.3. The average Bonchev–Trinajstić information content (AvgIpc) is 2.36. The first-order valence-electron chi connectivity index (χ1n) is 5.40. The Bertz CT molecular complexity index is 523. The lowest BCUT2D eigenvalue weighted by molar-refractivity contribution is -0.173. The van der Waals surface area contributed by atoms with Crippen molar-refractivity contribution in [1.82, 2.24) is 5.32 Å². The summed E-state index contributed by atoms with van der Waals surface area (Å²) in [5.41, 5.74) is 0. The van der Waals surface area contributed by atoms with Gasteiger partial charge < -0.3 is 5.32 Å². The van der Waals surface area contributed by atoms with Crippen LogP contribution >= 0.6 is 23.2 Å². The van der Waals surface area contributed by atoms with Crippen LogP contribution in [0, 0.1) is 0 Å². The van der Waals surface area contributed by atoms with Crippen molar-refractivity contribution >= 4 is 39.9 Å². The van der Waals surface area contributed by atoms with Crippen molar-refractivity contribution < 1.29 is 22.2 Å². The lowest BCUT2D eigenvalue weighted by Crippen LogP contribution is -2.37. The molecule has 1 aromatic carbocycles. The summed E-state index contributed by atoms with van der Waals surface area (Å²) in [6, 6.07) is 4.45. The van der Waals surface area contributed by atoms with Gasteiger partial charge in [-0.2, -0.15) is 13.2 Å². The number of halogens is 5. The minimum atomic E-state index is -4.90. The fourth-order valence-electron chi connectivity index (χ4n) is 1.24. The molecule has 0 aromatic heterocycles. The van der Waals surface area contributed by atoms with E-state index in [9.17, 15) is 22.2 Å². The molecule has 0 fully saturated rings.